The van der Waals surface area contributed by atoms with Crippen LogP contribution in [-0.4, -0.2) is 23.2 Å². The van der Waals surface area contributed by atoms with Crippen molar-refractivity contribution in [1.82, 2.24) is 5.32 Å². The van der Waals surface area contributed by atoms with Crippen LogP contribution in [0.25, 0.3) is 0 Å². The summed E-state index contributed by atoms with van der Waals surface area (Å²) in [5.41, 5.74) is 0.693. The van der Waals surface area contributed by atoms with Gasteiger partial charge in [0.05, 0.1) is 6.61 Å². The molecule has 0 saturated heterocycles. The van der Waals surface area contributed by atoms with Crippen LogP contribution < -0.4 is 10.1 Å². The molecule has 92 valence electrons. The van der Waals surface area contributed by atoms with Gasteiger partial charge >= 0.3 is 0 Å². The fourth-order valence-corrected chi connectivity index (χ4v) is 1.54. The molecule has 1 saturated carbocycles. The molecular weight excluding hydrogens is 218 g/mol. The first-order chi connectivity index (χ1) is 8.20. The Kier molecular flexibility index (Phi) is 3.64. The monoisotopic (exact) mass is 235 g/mol. The predicted molar refractivity (Wildman–Crippen MR) is 63.6 cm³/mol. The average molecular weight is 235 g/mol. The molecular formula is C13H17NO3. The van der Waals surface area contributed by atoms with E-state index in [0.29, 0.717) is 17.4 Å². The molecule has 2 N–H and O–H groups in total. The molecule has 1 aliphatic carbocycles. The summed E-state index contributed by atoms with van der Waals surface area (Å²) < 4.78 is 5.55. The van der Waals surface area contributed by atoms with Crippen molar-refractivity contribution in [1.29, 1.82) is 0 Å². The summed E-state index contributed by atoms with van der Waals surface area (Å²) in [7, 11) is 0. The number of carbonyl (C=O) groups excluding carboxylic acids is 1. The van der Waals surface area contributed by atoms with Crippen molar-refractivity contribution in [3.63, 3.8) is 0 Å². The fourth-order valence-electron chi connectivity index (χ4n) is 1.54. The highest BCUT2D eigenvalue weighted by molar-refractivity contribution is 5.81. The molecule has 1 aliphatic rings. The topological polar surface area (TPSA) is 58.6 Å². The van der Waals surface area contributed by atoms with Gasteiger partial charge in [0.25, 0.3) is 5.91 Å². The van der Waals surface area contributed by atoms with E-state index in [0.717, 1.165) is 12.8 Å². The number of rotatable bonds is 5. The fraction of sp³-hybridized carbons (Fsp3) is 0.462. The summed E-state index contributed by atoms with van der Waals surface area (Å²) in [6, 6.07) is 7.52. The first-order valence-corrected chi connectivity index (χ1v) is 5.86. The van der Waals surface area contributed by atoms with Crippen LogP contribution in [0.2, 0.25) is 0 Å². The van der Waals surface area contributed by atoms with Gasteiger partial charge in [0.2, 0.25) is 0 Å². The maximum absolute atomic E-state index is 11.7. The molecule has 0 aromatic heterocycles. The number of aliphatic hydroxyl groups is 1. The molecule has 2 rings (SSSR count). The smallest absolute Gasteiger partial charge is 0.260 e. The van der Waals surface area contributed by atoms with E-state index in [1.54, 1.807) is 19.1 Å². The van der Waals surface area contributed by atoms with Crippen molar-refractivity contribution >= 4 is 5.91 Å². The Morgan fingerprint density at radius 2 is 2.24 bits per heavy atom. The minimum Gasteiger partial charge on any atom is -0.481 e. The molecule has 1 aromatic carbocycles. The Hall–Kier alpha value is -1.55. The number of ether oxygens (including phenoxy) is 1. The summed E-state index contributed by atoms with van der Waals surface area (Å²) in [4.78, 5) is 11.7. The normalized spacial score (nSPS) is 16.4. The molecule has 1 amide bonds. The minimum atomic E-state index is -0.539. The van der Waals surface area contributed by atoms with Crippen LogP contribution in [0.1, 0.15) is 25.3 Å². The van der Waals surface area contributed by atoms with Crippen LogP contribution in [-0.2, 0) is 11.4 Å². The standard InChI is InChI=1S/C13H17NO3/c1-9(13(16)14-11-6-7-11)17-12-5-3-2-4-10(12)8-15/h2-5,9,11,15H,6-8H2,1H3,(H,14,16). The summed E-state index contributed by atoms with van der Waals surface area (Å²) in [5.74, 6) is 0.466. The SMILES string of the molecule is CC(Oc1ccccc1CO)C(=O)NC1CC1. The van der Waals surface area contributed by atoms with Crippen molar-refractivity contribution < 1.29 is 14.6 Å². The van der Waals surface area contributed by atoms with Crippen LogP contribution in [0, 0.1) is 0 Å². The quantitative estimate of drug-likeness (QED) is 0.807. The first kappa shape index (κ1) is 11.9. The Labute approximate surface area is 101 Å². The molecule has 1 unspecified atom stereocenters. The molecule has 4 nitrogen and oxygen atoms in total. The summed E-state index contributed by atoms with van der Waals surface area (Å²) >= 11 is 0. The molecule has 0 spiro atoms. The van der Waals surface area contributed by atoms with E-state index < -0.39 is 6.10 Å². The maximum Gasteiger partial charge on any atom is 0.260 e. The molecule has 0 bridgehead atoms. The highest BCUT2D eigenvalue weighted by atomic mass is 16.5. The molecule has 0 heterocycles. The van der Waals surface area contributed by atoms with E-state index in [9.17, 15) is 4.79 Å². The van der Waals surface area contributed by atoms with Gasteiger partial charge in [0.1, 0.15) is 5.75 Å². The third-order valence-electron chi connectivity index (χ3n) is 2.74. The van der Waals surface area contributed by atoms with Crippen LogP contribution in [0.5, 0.6) is 5.75 Å². The van der Waals surface area contributed by atoms with Crippen LogP contribution in [0.15, 0.2) is 24.3 Å². The third-order valence-corrected chi connectivity index (χ3v) is 2.74. The number of para-hydroxylation sites is 1. The Morgan fingerprint density at radius 1 is 1.53 bits per heavy atom. The Morgan fingerprint density at radius 3 is 2.88 bits per heavy atom. The van der Waals surface area contributed by atoms with E-state index in [-0.39, 0.29) is 12.5 Å². The zero-order valence-corrected chi connectivity index (χ0v) is 9.85. The van der Waals surface area contributed by atoms with Crippen molar-refractivity contribution in [3.05, 3.63) is 29.8 Å². The second kappa shape index (κ2) is 5.19. The van der Waals surface area contributed by atoms with Gasteiger partial charge in [-0.2, -0.15) is 0 Å². The van der Waals surface area contributed by atoms with Crippen LogP contribution in [0.3, 0.4) is 0 Å². The Bertz CT molecular complexity index is 401. The minimum absolute atomic E-state index is 0.0901. The average Bonchev–Trinajstić information content (AvgIpc) is 3.13. The molecule has 1 fully saturated rings. The third kappa shape index (κ3) is 3.20. The number of benzene rings is 1. The number of nitrogens with one attached hydrogen (secondary N) is 1. The lowest BCUT2D eigenvalue weighted by Crippen LogP contribution is -2.37. The summed E-state index contributed by atoms with van der Waals surface area (Å²) in [6.07, 6.45) is 1.58. The lowest BCUT2D eigenvalue weighted by Gasteiger charge is -2.16. The lowest BCUT2D eigenvalue weighted by molar-refractivity contribution is -0.127. The summed E-state index contributed by atoms with van der Waals surface area (Å²) in [5, 5.41) is 12.0. The first-order valence-electron chi connectivity index (χ1n) is 5.86. The number of hydrogen-bond acceptors (Lipinski definition) is 3. The van der Waals surface area contributed by atoms with Gasteiger partial charge in [-0.3, -0.25) is 4.79 Å². The van der Waals surface area contributed by atoms with E-state index in [1.165, 1.54) is 0 Å². The highest BCUT2D eigenvalue weighted by Crippen LogP contribution is 2.21. The van der Waals surface area contributed by atoms with Crippen molar-refractivity contribution in [2.45, 2.75) is 38.5 Å². The molecule has 1 atom stereocenters. The Balaban J connectivity index is 1.96. The number of aliphatic hydroxyl groups excluding tert-OH is 1. The second-order valence-corrected chi connectivity index (χ2v) is 4.31. The van der Waals surface area contributed by atoms with Gasteiger partial charge in [-0.1, -0.05) is 18.2 Å². The largest absolute Gasteiger partial charge is 0.481 e. The molecule has 17 heavy (non-hydrogen) atoms. The van der Waals surface area contributed by atoms with E-state index in [1.807, 2.05) is 12.1 Å². The van der Waals surface area contributed by atoms with Gasteiger partial charge in [0.15, 0.2) is 6.10 Å². The van der Waals surface area contributed by atoms with Gasteiger partial charge in [-0.05, 0) is 25.8 Å². The number of carbonyl (C=O) groups is 1. The second-order valence-electron chi connectivity index (χ2n) is 4.31. The predicted octanol–water partition coefficient (Wildman–Crippen LogP) is 1.22. The molecule has 0 radical (unpaired) electrons. The molecule has 1 aromatic rings. The lowest BCUT2D eigenvalue weighted by atomic mass is 10.2. The summed E-state index contributed by atoms with van der Waals surface area (Å²) in [6.45, 7) is 1.62. The van der Waals surface area contributed by atoms with Crippen molar-refractivity contribution in [3.8, 4) is 5.75 Å². The number of amides is 1. The van der Waals surface area contributed by atoms with E-state index in [2.05, 4.69) is 5.32 Å². The van der Waals surface area contributed by atoms with Crippen molar-refractivity contribution in [2.24, 2.45) is 0 Å². The number of hydrogen-bond donors (Lipinski definition) is 2. The highest BCUT2D eigenvalue weighted by Gasteiger charge is 2.26. The molecule has 0 aliphatic heterocycles. The van der Waals surface area contributed by atoms with Crippen LogP contribution >= 0.6 is 0 Å². The molecule has 4 heteroatoms. The van der Waals surface area contributed by atoms with E-state index >= 15 is 0 Å². The maximum atomic E-state index is 11.7. The van der Waals surface area contributed by atoms with Gasteiger partial charge in [-0.15, -0.1) is 0 Å². The van der Waals surface area contributed by atoms with Crippen molar-refractivity contribution in [2.75, 3.05) is 0 Å². The zero-order chi connectivity index (χ0) is 12.3. The van der Waals surface area contributed by atoms with Gasteiger partial charge in [-0.25, -0.2) is 0 Å². The van der Waals surface area contributed by atoms with Gasteiger partial charge in [0, 0.05) is 11.6 Å². The van der Waals surface area contributed by atoms with E-state index in [4.69, 9.17) is 9.84 Å². The van der Waals surface area contributed by atoms with Crippen LogP contribution in [0.4, 0.5) is 0 Å². The van der Waals surface area contributed by atoms with Gasteiger partial charge < -0.3 is 15.2 Å². The zero-order valence-electron chi connectivity index (χ0n) is 9.85.